The first-order chi connectivity index (χ1) is 15.1. The van der Waals surface area contributed by atoms with Gasteiger partial charge in [0.05, 0.1) is 9.75 Å². The second-order valence-electron chi connectivity index (χ2n) is 7.84. The lowest BCUT2D eigenvalue weighted by atomic mass is 10.1. The second-order valence-corrected chi connectivity index (χ2v) is 8.92. The molecule has 1 aliphatic heterocycles. The summed E-state index contributed by atoms with van der Waals surface area (Å²) in [6, 6.07) is 11.6. The van der Waals surface area contributed by atoms with E-state index in [0.717, 1.165) is 56.1 Å². The minimum Gasteiger partial charge on any atom is -0.351 e. The lowest BCUT2D eigenvalue weighted by molar-refractivity contribution is 0.0952. The van der Waals surface area contributed by atoms with Crippen molar-refractivity contribution in [2.24, 2.45) is 0 Å². The zero-order valence-corrected chi connectivity index (χ0v) is 19.0. The number of aryl methyl sites for hydroxylation is 1. The van der Waals surface area contributed by atoms with Gasteiger partial charge in [0.15, 0.2) is 0 Å². The molecule has 0 radical (unpaired) electrons. The molecule has 7 nitrogen and oxygen atoms in total. The molecule has 1 aliphatic rings. The van der Waals surface area contributed by atoms with E-state index in [-0.39, 0.29) is 5.91 Å². The van der Waals surface area contributed by atoms with Crippen LogP contribution < -0.4 is 5.32 Å². The average Bonchev–Trinajstić information content (AvgIpc) is 3.47. The van der Waals surface area contributed by atoms with Gasteiger partial charge in [-0.05, 0) is 50.7 Å². The second kappa shape index (κ2) is 10.2. The summed E-state index contributed by atoms with van der Waals surface area (Å²) in [5.41, 5.74) is 2.06. The summed E-state index contributed by atoms with van der Waals surface area (Å²) < 4.78 is 5.40. The lowest BCUT2D eigenvalue weighted by Crippen LogP contribution is -2.46. The number of benzene rings is 1. The highest BCUT2D eigenvalue weighted by Crippen LogP contribution is 2.28. The molecule has 0 spiro atoms. The Hall–Kier alpha value is -2.55. The zero-order chi connectivity index (χ0) is 21.6. The minimum atomic E-state index is -0.0469. The number of rotatable bonds is 8. The van der Waals surface area contributed by atoms with E-state index < -0.39 is 0 Å². The highest BCUT2D eigenvalue weighted by molar-refractivity contribution is 7.17. The predicted molar refractivity (Wildman–Crippen MR) is 123 cm³/mol. The molecular formula is C23H29N5O2S. The Morgan fingerprint density at radius 3 is 2.58 bits per heavy atom. The summed E-state index contributed by atoms with van der Waals surface area (Å²) >= 11 is 1.38. The van der Waals surface area contributed by atoms with E-state index in [1.807, 2.05) is 43.3 Å². The van der Waals surface area contributed by atoms with Crippen LogP contribution in [0.3, 0.4) is 0 Å². The molecule has 1 saturated heterocycles. The molecule has 0 unspecified atom stereocenters. The van der Waals surface area contributed by atoms with Gasteiger partial charge in [-0.15, -0.1) is 11.3 Å². The maximum Gasteiger partial charge on any atom is 0.261 e. The van der Waals surface area contributed by atoms with Gasteiger partial charge >= 0.3 is 0 Å². The third-order valence-electron chi connectivity index (χ3n) is 5.62. The van der Waals surface area contributed by atoms with Crippen LogP contribution in [0.25, 0.3) is 22.2 Å². The zero-order valence-electron chi connectivity index (χ0n) is 18.1. The van der Waals surface area contributed by atoms with E-state index in [1.165, 1.54) is 16.9 Å². The fraction of sp³-hybridized carbons (Fsp3) is 0.435. The van der Waals surface area contributed by atoms with Crippen LogP contribution >= 0.6 is 11.3 Å². The molecule has 3 heterocycles. The highest BCUT2D eigenvalue weighted by atomic mass is 32.1. The topological polar surface area (TPSA) is 74.5 Å². The molecule has 1 N–H and O–H groups in total. The van der Waals surface area contributed by atoms with Crippen molar-refractivity contribution in [3.63, 3.8) is 0 Å². The number of hydrogen-bond acceptors (Lipinski definition) is 7. The van der Waals surface area contributed by atoms with Crippen molar-refractivity contribution < 1.29 is 9.32 Å². The monoisotopic (exact) mass is 439 g/mol. The van der Waals surface area contributed by atoms with Crippen molar-refractivity contribution in [3.05, 3.63) is 46.8 Å². The molecule has 0 saturated carbocycles. The first kappa shape index (κ1) is 21.7. The predicted octanol–water partition coefficient (Wildman–Crippen LogP) is 3.53. The molecule has 31 heavy (non-hydrogen) atoms. The summed E-state index contributed by atoms with van der Waals surface area (Å²) in [5, 5.41) is 7.11. The van der Waals surface area contributed by atoms with Crippen molar-refractivity contribution in [3.8, 4) is 22.2 Å². The van der Waals surface area contributed by atoms with E-state index in [9.17, 15) is 4.79 Å². The number of aromatic nitrogens is 2. The number of hydrogen-bond donors (Lipinski definition) is 1. The molecule has 8 heteroatoms. The Bertz CT molecular complexity index is 990. The number of amides is 1. The van der Waals surface area contributed by atoms with Crippen LogP contribution in [-0.4, -0.2) is 71.7 Å². The number of nitrogens with one attached hydrogen (secondary N) is 1. The fourth-order valence-electron chi connectivity index (χ4n) is 3.64. The first-order valence-corrected chi connectivity index (χ1v) is 11.7. The smallest absolute Gasteiger partial charge is 0.261 e. The Balaban J connectivity index is 1.26. The quantitative estimate of drug-likeness (QED) is 0.541. The van der Waals surface area contributed by atoms with Crippen LogP contribution in [0.15, 0.2) is 40.9 Å². The molecule has 0 aliphatic carbocycles. The number of carbonyl (C=O) groups is 1. The molecule has 4 rings (SSSR count). The normalized spacial score (nSPS) is 15.3. The molecule has 164 valence electrons. The molecule has 1 aromatic carbocycles. The highest BCUT2D eigenvalue weighted by Gasteiger charge is 2.17. The molecule has 0 bridgehead atoms. The summed E-state index contributed by atoms with van der Waals surface area (Å²) in [5.74, 6) is 0.939. The van der Waals surface area contributed by atoms with Crippen molar-refractivity contribution >= 4 is 17.2 Å². The molecule has 1 amide bonds. The number of thiophene rings is 1. The van der Waals surface area contributed by atoms with Gasteiger partial charge in [0, 0.05) is 38.3 Å². The van der Waals surface area contributed by atoms with Crippen molar-refractivity contribution in [1.82, 2.24) is 25.3 Å². The number of likely N-dealkylation sites (N-methyl/N-ethyl adjacent to an activating group) is 1. The number of nitrogens with zero attached hydrogens (tertiary/aromatic N) is 4. The lowest BCUT2D eigenvalue weighted by Gasteiger charge is -2.33. The first-order valence-electron chi connectivity index (χ1n) is 10.9. The Morgan fingerprint density at radius 1 is 1.10 bits per heavy atom. The molecular weight excluding hydrogens is 410 g/mol. The molecule has 0 atom stereocenters. The average molecular weight is 440 g/mol. The van der Waals surface area contributed by atoms with Crippen LogP contribution in [0.5, 0.6) is 0 Å². The standard InChI is InChI=1S/C23H29N5O2S/c1-3-27-13-15-28(16-14-27)12-4-11-24-22(29)20-10-9-19(31-20)21-25-23(30-26-21)18-7-5-17(2)6-8-18/h5-10H,3-4,11-16H2,1-2H3,(H,24,29). The number of carbonyl (C=O) groups excluding carboxylic acids is 1. The van der Waals surface area contributed by atoms with Crippen LogP contribution in [0, 0.1) is 6.92 Å². The summed E-state index contributed by atoms with van der Waals surface area (Å²) in [7, 11) is 0. The van der Waals surface area contributed by atoms with Crippen molar-refractivity contribution in [2.75, 3.05) is 45.8 Å². The van der Waals surface area contributed by atoms with E-state index in [2.05, 4.69) is 32.2 Å². The minimum absolute atomic E-state index is 0.0469. The van der Waals surface area contributed by atoms with Gasteiger partial charge in [0.1, 0.15) is 0 Å². The van der Waals surface area contributed by atoms with Crippen molar-refractivity contribution in [1.29, 1.82) is 0 Å². The van der Waals surface area contributed by atoms with Crippen LogP contribution in [0.4, 0.5) is 0 Å². The van der Waals surface area contributed by atoms with Crippen molar-refractivity contribution in [2.45, 2.75) is 20.3 Å². The Labute approximate surface area is 187 Å². The van der Waals surface area contributed by atoms with Gasteiger partial charge in [-0.2, -0.15) is 4.98 Å². The van der Waals surface area contributed by atoms with E-state index in [1.54, 1.807) is 0 Å². The third kappa shape index (κ3) is 5.58. The summed E-state index contributed by atoms with van der Waals surface area (Å²) in [6.45, 7) is 11.6. The van der Waals surface area contributed by atoms with Gasteiger partial charge in [-0.25, -0.2) is 0 Å². The maximum atomic E-state index is 12.5. The number of piperazine rings is 1. The van der Waals surface area contributed by atoms with E-state index in [0.29, 0.717) is 23.1 Å². The van der Waals surface area contributed by atoms with Crippen LogP contribution in [-0.2, 0) is 0 Å². The maximum absolute atomic E-state index is 12.5. The SMILES string of the molecule is CCN1CCN(CCCNC(=O)c2ccc(-c3noc(-c4ccc(C)cc4)n3)s2)CC1. The van der Waals surface area contributed by atoms with Crippen LogP contribution in [0.2, 0.25) is 0 Å². The summed E-state index contributed by atoms with van der Waals surface area (Å²) in [4.78, 5) is 23.4. The Kier molecular flexibility index (Phi) is 7.11. The molecule has 1 fully saturated rings. The van der Waals surface area contributed by atoms with Gasteiger partial charge in [0.2, 0.25) is 5.82 Å². The Morgan fingerprint density at radius 2 is 1.84 bits per heavy atom. The third-order valence-corrected chi connectivity index (χ3v) is 6.70. The van der Waals surface area contributed by atoms with E-state index in [4.69, 9.17) is 4.52 Å². The largest absolute Gasteiger partial charge is 0.351 e. The van der Waals surface area contributed by atoms with Gasteiger partial charge in [-0.1, -0.05) is 29.8 Å². The molecule has 2 aromatic heterocycles. The fourth-order valence-corrected chi connectivity index (χ4v) is 4.49. The van der Waals surface area contributed by atoms with Gasteiger partial charge in [0.25, 0.3) is 11.8 Å². The van der Waals surface area contributed by atoms with Crippen LogP contribution in [0.1, 0.15) is 28.6 Å². The van der Waals surface area contributed by atoms with Gasteiger partial charge < -0.3 is 19.6 Å². The van der Waals surface area contributed by atoms with Gasteiger partial charge in [-0.3, -0.25) is 4.79 Å². The molecule has 3 aromatic rings. The summed E-state index contributed by atoms with van der Waals surface area (Å²) in [6.07, 6.45) is 0.959. The van der Waals surface area contributed by atoms with E-state index >= 15 is 0 Å².